The minimum atomic E-state index is 0.736. The third kappa shape index (κ3) is 5.46. The van der Waals surface area contributed by atoms with E-state index in [9.17, 15) is 0 Å². The van der Waals surface area contributed by atoms with Gasteiger partial charge in [0.25, 0.3) is 0 Å². The van der Waals surface area contributed by atoms with Gasteiger partial charge in [0, 0.05) is 12.8 Å². The number of hydrogen-bond donors (Lipinski definition) is 2. The van der Waals surface area contributed by atoms with Crippen LogP contribution < -0.4 is 5.73 Å². The van der Waals surface area contributed by atoms with Crippen LogP contribution in [0, 0.1) is 5.41 Å². The summed E-state index contributed by atoms with van der Waals surface area (Å²) in [6.07, 6.45) is 2.42. The molecule has 0 bridgehead atoms. The first-order valence-corrected chi connectivity index (χ1v) is 3.18. The summed E-state index contributed by atoms with van der Waals surface area (Å²) in [5.74, 6) is 0. The Morgan fingerprint density at radius 3 is 2.78 bits per heavy atom. The van der Waals surface area contributed by atoms with Crippen molar-refractivity contribution in [3.63, 3.8) is 0 Å². The molecule has 0 spiro atoms. The third-order valence-electron chi connectivity index (χ3n) is 1.15. The van der Waals surface area contributed by atoms with E-state index in [4.69, 9.17) is 11.1 Å². The zero-order chi connectivity index (χ0) is 7.11. The van der Waals surface area contributed by atoms with Crippen LogP contribution in [0.5, 0.6) is 0 Å². The molecule has 0 aliphatic carbocycles. The van der Waals surface area contributed by atoms with E-state index in [1.54, 1.807) is 0 Å². The standard InChI is InChI=1S/C6H15N3/c1-9(6-4-8)5-2-3-7/h4,8H,2-3,5-7H2,1H3. The lowest BCUT2D eigenvalue weighted by Crippen LogP contribution is -2.23. The number of rotatable bonds is 5. The normalized spacial score (nSPS) is 10.1. The molecule has 9 heavy (non-hydrogen) atoms. The Morgan fingerprint density at radius 2 is 2.33 bits per heavy atom. The molecule has 0 atom stereocenters. The van der Waals surface area contributed by atoms with Gasteiger partial charge in [-0.1, -0.05) is 0 Å². The van der Waals surface area contributed by atoms with Crippen molar-refractivity contribution in [2.75, 3.05) is 26.7 Å². The second-order valence-electron chi connectivity index (χ2n) is 2.11. The predicted molar refractivity (Wildman–Crippen MR) is 40.0 cm³/mol. The second-order valence-corrected chi connectivity index (χ2v) is 2.11. The van der Waals surface area contributed by atoms with Crippen molar-refractivity contribution in [1.29, 1.82) is 5.41 Å². The first-order chi connectivity index (χ1) is 4.31. The zero-order valence-electron chi connectivity index (χ0n) is 5.93. The molecule has 0 unspecified atom stereocenters. The lowest BCUT2D eigenvalue weighted by molar-refractivity contribution is 0.378. The number of hydrogen-bond acceptors (Lipinski definition) is 3. The topological polar surface area (TPSA) is 53.1 Å². The summed E-state index contributed by atoms with van der Waals surface area (Å²) in [6, 6.07) is 0. The van der Waals surface area contributed by atoms with Gasteiger partial charge in [-0.2, -0.15) is 0 Å². The van der Waals surface area contributed by atoms with Crippen LogP contribution in [-0.2, 0) is 0 Å². The first kappa shape index (κ1) is 8.59. The number of nitrogens with zero attached hydrogens (tertiary/aromatic N) is 1. The van der Waals surface area contributed by atoms with Crippen LogP contribution in [0.2, 0.25) is 0 Å². The Morgan fingerprint density at radius 1 is 1.67 bits per heavy atom. The van der Waals surface area contributed by atoms with Crippen molar-refractivity contribution in [2.24, 2.45) is 5.73 Å². The Balaban J connectivity index is 3.04. The maximum Gasteiger partial charge on any atom is 0.0327 e. The van der Waals surface area contributed by atoms with Crippen molar-refractivity contribution in [3.8, 4) is 0 Å². The van der Waals surface area contributed by atoms with Gasteiger partial charge in [0.15, 0.2) is 0 Å². The van der Waals surface area contributed by atoms with Gasteiger partial charge >= 0.3 is 0 Å². The second kappa shape index (κ2) is 5.72. The van der Waals surface area contributed by atoms with Crippen molar-refractivity contribution in [3.05, 3.63) is 0 Å². The SMILES string of the molecule is CN(CC=N)CCCN. The van der Waals surface area contributed by atoms with E-state index in [2.05, 4.69) is 4.90 Å². The highest BCUT2D eigenvalue weighted by molar-refractivity contribution is 5.55. The van der Waals surface area contributed by atoms with Crippen LogP contribution in [0.1, 0.15) is 6.42 Å². The Hall–Kier alpha value is -0.410. The van der Waals surface area contributed by atoms with Gasteiger partial charge in [0.1, 0.15) is 0 Å². The molecular weight excluding hydrogens is 114 g/mol. The van der Waals surface area contributed by atoms with Crippen LogP contribution in [0.3, 0.4) is 0 Å². The van der Waals surface area contributed by atoms with Crippen LogP contribution in [0.15, 0.2) is 0 Å². The molecule has 0 radical (unpaired) electrons. The maximum absolute atomic E-state index is 6.77. The van der Waals surface area contributed by atoms with Crippen molar-refractivity contribution in [1.82, 2.24) is 4.90 Å². The highest BCUT2D eigenvalue weighted by Crippen LogP contribution is 1.81. The van der Waals surface area contributed by atoms with Crippen molar-refractivity contribution < 1.29 is 0 Å². The predicted octanol–water partition coefficient (Wildman–Crippen LogP) is -0.0834. The molecule has 0 aliphatic heterocycles. The molecule has 0 aromatic rings. The number of nitrogens with one attached hydrogen (secondary N) is 1. The van der Waals surface area contributed by atoms with Gasteiger partial charge < -0.3 is 16.0 Å². The molecule has 54 valence electrons. The van der Waals surface area contributed by atoms with Crippen molar-refractivity contribution in [2.45, 2.75) is 6.42 Å². The van der Waals surface area contributed by atoms with Gasteiger partial charge in [0.2, 0.25) is 0 Å². The van der Waals surface area contributed by atoms with Gasteiger partial charge in [-0.3, -0.25) is 0 Å². The average Bonchev–Trinajstić information content (AvgIpc) is 1.85. The Bertz CT molecular complexity index is 72.7. The van der Waals surface area contributed by atoms with E-state index in [1.807, 2.05) is 7.05 Å². The summed E-state index contributed by atoms with van der Waals surface area (Å²) in [5, 5.41) is 6.77. The van der Waals surface area contributed by atoms with Crippen LogP contribution >= 0.6 is 0 Å². The molecule has 0 aromatic heterocycles. The minimum absolute atomic E-state index is 0.736. The lowest BCUT2D eigenvalue weighted by Gasteiger charge is -2.11. The zero-order valence-corrected chi connectivity index (χ0v) is 5.93. The van der Waals surface area contributed by atoms with Crippen LogP contribution in [-0.4, -0.2) is 37.8 Å². The summed E-state index contributed by atoms with van der Waals surface area (Å²) in [6.45, 7) is 2.47. The van der Waals surface area contributed by atoms with E-state index >= 15 is 0 Å². The van der Waals surface area contributed by atoms with E-state index in [-0.39, 0.29) is 0 Å². The largest absolute Gasteiger partial charge is 0.330 e. The average molecular weight is 129 g/mol. The molecule has 3 heteroatoms. The molecule has 0 aromatic carbocycles. The molecule has 3 nitrogen and oxygen atoms in total. The van der Waals surface area contributed by atoms with E-state index < -0.39 is 0 Å². The quantitative estimate of drug-likeness (QED) is 0.510. The summed E-state index contributed by atoms with van der Waals surface area (Å²) in [5.41, 5.74) is 5.29. The summed E-state index contributed by atoms with van der Waals surface area (Å²) < 4.78 is 0. The minimum Gasteiger partial charge on any atom is -0.330 e. The first-order valence-electron chi connectivity index (χ1n) is 3.18. The van der Waals surface area contributed by atoms with Crippen LogP contribution in [0.25, 0.3) is 0 Å². The fraction of sp³-hybridized carbons (Fsp3) is 0.833. The molecule has 0 heterocycles. The maximum atomic E-state index is 6.77. The van der Waals surface area contributed by atoms with E-state index in [0.717, 1.165) is 26.1 Å². The van der Waals surface area contributed by atoms with Gasteiger partial charge in [-0.25, -0.2) is 0 Å². The Kier molecular flexibility index (Phi) is 5.46. The fourth-order valence-corrected chi connectivity index (χ4v) is 0.608. The summed E-state index contributed by atoms with van der Waals surface area (Å²) in [4.78, 5) is 2.07. The molecule has 0 saturated heterocycles. The highest BCUT2D eigenvalue weighted by atomic mass is 15.1. The van der Waals surface area contributed by atoms with Crippen molar-refractivity contribution >= 4 is 6.21 Å². The molecular formula is C6H15N3. The lowest BCUT2D eigenvalue weighted by atomic mass is 10.4. The molecule has 0 amide bonds. The third-order valence-corrected chi connectivity index (χ3v) is 1.15. The molecule has 0 saturated carbocycles. The highest BCUT2D eigenvalue weighted by Gasteiger charge is 1.91. The molecule has 0 fully saturated rings. The fourth-order valence-electron chi connectivity index (χ4n) is 0.608. The Labute approximate surface area is 56.3 Å². The summed E-state index contributed by atoms with van der Waals surface area (Å²) in [7, 11) is 1.99. The van der Waals surface area contributed by atoms with Gasteiger partial charge in [-0.05, 0) is 26.6 Å². The number of nitrogens with two attached hydrogens (primary N) is 1. The summed E-state index contributed by atoms with van der Waals surface area (Å²) >= 11 is 0. The molecule has 3 N–H and O–H groups in total. The molecule has 0 aliphatic rings. The molecule has 0 rings (SSSR count). The van der Waals surface area contributed by atoms with Gasteiger partial charge in [-0.15, -0.1) is 0 Å². The van der Waals surface area contributed by atoms with E-state index in [1.165, 1.54) is 6.21 Å². The van der Waals surface area contributed by atoms with E-state index in [0.29, 0.717) is 0 Å². The van der Waals surface area contributed by atoms with Gasteiger partial charge in [0.05, 0.1) is 0 Å². The smallest absolute Gasteiger partial charge is 0.0327 e. The monoisotopic (exact) mass is 129 g/mol. The van der Waals surface area contributed by atoms with Crippen LogP contribution in [0.4, 0.5) is 0 Å².